The van der Waals surface area contributed by atoms with E-state index in [0.29, 0.717) is 12.6 Å². The SMILES string of the molecule is C=CCNC(=O)C(C)NC(C)CC1CC1. The molecule has 0 saturated heterocycles. The zero-order valence-electron chi connectivity index (χ0n) is 9.75. The van der Waals surface area contributed by atoms with Crippen molar-refractivity contribution in [3.05, 3.63) is 12.7 Å². The van der Waals surface area contributed by atoms with Crippen molar-refractivity contribution >= 4 is 5.91 Å². The Hall–Kier alpha value is -0.830. The molecule has 1 aliphatic rings. The van der Waals surface area contributed by atoms with Crippen molar-refractivity contribution in [2.45, 2.75) is 45.2 Å². The lowest BCUT2D eigenvalue weighted by atomic mass is 10.1. The van der Waals surface area contributed by atoms with Crippen LogP contribution in [0, 0.1) is 5.92 Å². The molecule has 1 saturated carbocycles. The Morgan fingerprint density at radius 1 is 1.53 bits per heavy atom. The van der Waals surface area contributed by atoms with E-state index in [1.807, 2.05) is 6.92 Å². The number of carbonyl (C=O) groups excluding carboxylic acids is 1. The standard InChI is InChI=1S/C12H22N2O/c1-4-7-13-12(15)10(3)14-9(2)8-11-5-6-11/h4,9-11,14H,1,5-8H2,2-3H3,(H,13,15). The van der Waals surface area contributed by atoms with Crippen LogP contribution < -0.4 is 10.6 Å². The van der Waals surface area contributed by atoms with Gasteiger partial charge in [0.15, 0.2) is 0 Å². The van der Waals surface area contributed by atoms with Gasteiger partial charge in [0.2, 0.25) is 5.91 Å². The molecule has 2 unspecified atom stereocenters. The van der Waals surface area contributed by atoms with Crippen LogP contribution in [0.5, 0.6) is 0 Å². The summed E-state index contributed by atoms with van der Waals surface area (Å²) in [7, 11) is 0. The highest BCUT2D eigenvalue weighted by Crippen LogP contribution is 2.33. The Morgan fingerprint density at radius 2 is 2.20 bits per heavy atom. The fourth-order valence-electron chi connectivity index (χ4n) is 1.75. The van der Waals surface area contributed by atoms with E-state index >= 15 is 0 Å². The number of nitrogens with one attached hydrogen (secondary N) is 2. The lowest BCUT2D eigenvalue weighted by Gasteiger charge is -2.19. The first-order valence-electron chi connectivity index (χ1n) is 5.78. The Labute approximate surface area is 92.3 Å². The first-order chi connectivity index (χ1) is 7.13. The molecule has 0 aromatic rings. The smallest absolute Gasteiger partial charge is 0.237 e. The van der Waals surface area contributed by atoms with E-state index in [2.05, 4.69) is 24.1 Å². The second-order valence-electron chi connectivity index (χ2n) is 4.50. The number of hydrogen-bond acceptors (Lipinski definition) is 2. The van der Waals surface area contributed by atoms with E-state index in [9.17, 15) is 4.79 Å². The lowest BCUT2D eigenvalue weighted by molar-refractivity contribution is -0.122. The number of amides is 1. The van der Waals surface area contributed by atoms with Gasteiger partial charge >= 0.3 is 0 Å². The quantitative estimate of drug-likeness (QED) is 0.625. The summed E-state index contributed by atoms with van der Waals surface area (Å²) in [6.45, 7) is 8.16. The molecule has 1 amide bonds. The highest BCUT2D eigenvalue weighted by molar-refractivity contribution is 5.81. The molecule has 1 fully saturated rings. The van der Waals surface area contributed by atoms with E-state index in [4.69, 9.17) is 0 Å². The van der Waals surface area contributed by atoms with Gasteiger partial charge in [-0.2, -0.15) is 0 Å². The van der Waals surface area contributed by atoms with Crippen molar-refractivity contribution in [1.29, 1.82) is 0 Å². The van der Waals surface area contributed by atoms with E-state index < -0.39 is 0 Å². The maximum Gasteiger partial charge on any atom is 0.237 e. The molecule has 0 aromatic heterocycles. The average Bonchev–Trinajstić information content (AvgIpc) is 2.97. The van der Waals surface area contributed by atoms with E-state index in [1.165, 1.54) is 19.3 Å². The van der Waals surface area contributed by atoms with Crippen LogP contribution in [0.15, 0.2) is 12.7 Å². The van der Waals surface area contributed by atoms with Crippen LogP contribution in [0.4, 0.5) is 0 Å². The van der Waals surface area contributed by atoms with Crippen LogP contribution in [0.25, 0.3) is 0 Å². The van der Waals surface area contributed by atoms with Gasteiger partial charge < -0.3 is 10.6 Å². The molecule has 0 bridgehead atoms. The van der Waals surface area contributed by atoms with Crippen molar-refractivity contribution in [1.82, 2.24) is 10.6 Å². The molecule has 3 heteroatoms. The van der Waals surface area contributed by atoms with E-state index in [1.54, 1.807) is 6.08 Å². The van der Waals surface area contributed by atoms with Gasteiger partial charge in [-0.3, -0.25) is 4.79 Å². The molecule has 1 rings (SSSR count). The van der Waals surface area contributed by atoms with Gasteiger partial charge in [-0.05, 0) is 26.2 Å². The third kappa shape index (κ3) is 4.98. The molecule has 2 N–H and O–H groups in total. The highest BCUT2D eigenvalue weighted by Gasteiger charge is 2.24. The molecule has 2 atom stereocenters. The summed E-state index contributed by atoms with van der Waals surface area (Å²) >= 11 is 0. The minimum absolute atomic E-state index is 0.0533. The second-order valence-corrected chi connectivity index (χ2v) is 4.50. The molecule has 0 aromatic carbocycles. The number of rotatable bonds is 7. The normalized spacial score (nSPS) is 19.3. The van der Waals surface area contributed by atoms with Crippen LogP contribution in [-0.4, -0.2) is 24.5 Å². The Bertz CT molecular complexity index is 224. The molecular weight excluding hydrogens is 188 g/mol. The van der Waals surface area contributed by atoms with Gasteiger partial charge in [-0.1, -0.05) is 18.9 Å². The summed E-state index contributed by atoms with van der Waals surface area (Å²) in [5, 5.41) is 6.10. The zero-order valence-corrected chi connectivity index (χ0v) is 9.75. The van der Waals surface area contributed by atoms with E-state index in [0.717, 1.165) is 5.92 Å². The summed E-state index contributed by atoms with van der Waals surface area (Å²) in [6, 6.07) is 0.320. The third-order valence-electron chi connectivity index (χ3n) is 2.73. The van der Waals surface area contributed by atoms with Gasteiger partial charge in [0.25, 0.3) is 0 Å². The minimum Gasteiger partial charge on any atom is -0.351 e. The Kier molecular flexibility index (Phi) is 4.82. The molecule has 1 aliphatic carbocycles. The summed E-state index contributed by atoms with van der Waals surface area (Å²) in [4.78, 5) is 11.5. The molecule has 0 heterocycles. The summed E-state index contributed by atoms with van der Waals surface area (Å²) in [6.07, 6.45) is 5.61. The molecule has 15 heavy (non-hydrogen) atoms. The summed E-state index contributed by atoms with van der Waals surface area (Å²) in [5.74, 6) is 0.952. The van der Waals surface area contributed by atoms with Crippen LogP contribution >= 0.6 is 0 Å². The monoisotopic (exact) mass is 210 g/mol. The van der Waals surface area contributed by atoms with Gasteiger partial charge in [-0.15, -0.1) is 6.58 Å². The second kappa shape index (κ2) is 5.91. The fourth-order valence-corrected chi connectivity index (χ4v) is 1.75. The third-order valence-corrected chi connectivity index (χ3v) is 2.73. The number of carbonyl (C=O) groups is 1. The average molecular weight is 210 g/mol. The first-order valence-corrected chi connectivity index (χ1v) is 5.78. The van der Waals surface area contributed by atoms with Crippen LogP contribution in [0.3, 0.4) is 0 Å². The molecule has 0 radical (unpaired) electrons. The van der Waals surface area contributed by atoms with Crippen molar-refractivity contribution in [3.63, 3.8) is 0 Å². The van der Waals surface area contributed by atoms with Crippen molar-refractivity contribution < 1.29 is 4.79 Å². The summed E-state index contributed by atoms with van der Waals surface area (Å²) < 4.78 is 0. The van der Waals surface area contributed by atoms with Crippen molar-refractivity contribution in [2.75, 3.05) is 6.54 Å². The van der Waals surface area contributed by atoms with Crippen molar-refractivity contribution in [2.24, 2.45) is 5.92 Å². The van der Waals surface area contributed by atoms with Gasteiger partial charge in [0, 0.05) is 12.6 Å². The first kappa shape index (κ1) is 12.2. The lowest BCUT2D eigenvalue weighted by Crippen LogP contribution is -2.45. The fraction of sp³-hybridized carbons (Fsp3) is 0.750. The topological polar surface area (TPSA) is 41.1 Å². The maximum atomic E-state index is 11.5. The van der Waals surface area contributed by atoms with Crippen LogP contribution in [-0.2, 0) is 4.79 Å². The summed E-state index contributed by atoms with van der Waals surface area (Å²) in [5.41, 5.74) is 0. The van der Waals surface area contributed by atoms with Gasteiger partial charge in [-0.25, -0.2) is 0 Å². The van der Waals surface area contributed by atoms with Crippen LogP contribution in [0.2, 0.25) is 0 Å². The predicted molar refractivity (Wildman–Crippen MR) is 62.6 cm³/mol. The number of hydrogen-bond donors (Lipinski definition) is 2. The molecule has 86 valence electrons. The highest BCUT2D eigenvalue weighted by atomic mass is 16.2. The van der Waals surface area contributed by atoms with Crippen LogP contribution in [0.1, 0.15) is 33.1 Å². The zero-order chi connectivity index (χ0) is 11.3. The molecule has 0 aliphatic heterocycles. The van der Waals surface area contributed by atoms with Crippen molar-refractivity contribution in [3.8, 4) is 0 Å². The van der Waals surface area contributed by atoms with E-state index in [-0.39, 0.29) is 11.9 Å². The van der Waals surface area contributed by atoms with Gasteiger partial charge in [0.05, 0.1) is 6.04 Å². The van der Waals surface area contributed by atoms with Gasteiger partial charge in [0.1, 0.15) is 0 Å². The minimum atomic E-state index is -0.112. The molecule has 0 spiro atoms. The molecular formula is C12H22N2O. The Balaban J connectivity index is 2.16. The predicted octanol–water partition coefficient (Wildman–Crippen LogP) is 1.46. The maximum absolute atomic E-state index is 11.5. The molecule has 3 nitrogen and oxygen atoms in total. The Morgan fingerprint density at radius 3 is 2.73 bits per heavy atom. The largest absolute Gasteiger partial charge is 0.351 e.